The van der Waals surface area contributed by atoms with Crippen molar-refractivity contribution >= 4 is 22.8 Å². The Morgan fingerprint density at radius 3 is 2.48 bits per heavy atom. The van der Waals surface area contributed by atoms with E-state index in [1.54, 1.807) is 30.4 Å². The fourth-order valence-electron chi connectivity index (χ4n) is 3.75. The van der Waals surface area contributed by atoms with Gasteiger partial charge in [-0.2, -0.15) is 4.90 Å². The molecule has 4 rings (SSSR count). The second-order valence-electron chi connectivity index (χ2n) is 7.71. The van der Waals surface area contributed by atoms with Crippen molar-refractivity contribution in [1.29, 1.82) is 0 Å². The summed E-state index contributed by atoms with van der Waals surface area (Å²) >= 11 is 0. The molecule has 1 saturated heterocycles. The van der Waals surface area contributed by atoms with Crippen molar-refractivity contribution in [3.8, 4) is 11.5 Å². The first-order valence-corrected chi connectivity index (χ1v) is 9.70. The number of likely N-dealkylation sites (tertiary alicyclic amines) is 1. The molecule has 0 unspecified atom stereocenters. The molecule has 1 aromatic heterocycles. The first-order chi connectivity index (χ1) is 13.9. The summed E-state index contributed by atoms with van der Waals surface area (Å²) in [5.41, 5.74) is 1.80. The van der Waals surface area contributed by atoms with Crippen LogP contribution in [0.25, 0.3) is 17.0 Å². The average Bonchev–Trinajstić information content (AvgIpc) is 3.02. The number of hydrogen-bond acceptors (Lipinski definition) is 6. The molecular formula is C22H23N2O5-. The maximum Gasteiger partial charge on any atom is 0.222 e. The van der Waals surface area contributed by atoms with Crippen LogP contribution in [0.2, 0.25) is 0 Å². The van der Waals surface area contributed by atoms with E-state index in [-0.39, 0.29) is 23.0 Å². The Morgan fingerprint density at radius 1 is 1.14 bits per heavy atom. The lowest BCUT2D eigenvalue weighted by atomic mass is 9.98. The largest absolute Gasteiger partial charge is 0.612 e. The Kier molecular flexibility index (Phi) is 5.07. The third kappa shape index (κ3) is 3.86. The molecule has 1 aliphatic carbocycles. The highest BCUT2D eigenvalue weighted by Gasteiger charge is 2.22. The van der Waals surface area contributed by atoms with E-state index in [9.17, 15) is 20.6 Å². The van der Waals surface area contributed by atoms with Gasteiger partial charge in [0.25, 0.3) is 0 Å². The fraction of sp³-hybridized carbons (Fsp3) is 0.318. The number of rotatable bonds is 3. The number of aromatic hydroxyl groups is 2. The molecule has 2 heterocycles. The molecule has 7 nitrogen and oxygen atoms in total. The second kappa shape index (κ2) is 7.67. The van der Waals surface area contributed by atoms with Gasteiger partial charge in [-0.25, -0.2) is 0 Å². The highest BCUT2D eigenvalue weighted by Crippen LogP contribution is 2.39. The van der Waals surface area contributed by atoms with Crippen LogP contribution in [0, 0.1) is 16.3 Å². The van der Waals surface area contributed by atoms with Gasteiger partial charge in [-0.05, 0) is 67.8 Å². The quantitative estimate of drug-likeness (QED) is 0.600. The lowest BCUT2D eigenvalue weighted by Crippen LogP contribution is -2.32. The molecule has 1 aromatic carbocycles. The maximum atomic E-state index is 10.8. The van der Waals surface area contributed by atoms with Crippen LogP contribution in [-0.4, -0.2) is 38.8 Å². The summed E-state index contributed by atoms with van der Waals surface area (Å²) in [7, 11) is 0. The molecule has 1 aliphatic heterocycles. The lowest BCUT2D eigenvalue weighted by molar-refractivity contribution is -0.377. The Hall–Kier alpha value is -3.19. The van der Waals surface area contributed by atoms with Gasteiger partial charge in [-0.15, -0.1) is 0 Å². The molecule has 2 N–H and O–H groups in total. The van der Waals surface area contributed by atoms with Crippen molar-refractivity contribution in [2.24, 2.45) is 5.92 Å². The van der Waals surface area contributed by atoms with Gasteiger partial charge in [0.1, 0.15) is 11.3 Å². The fourth-order valence-corrected chi connectivity index (χ4v) is 3.75. The molecule has 2 aromatic rings. The molecule has 152 valence electrons. The molecule has 0 saturated carbocycles. The molecule has 0 amide bonds. The smallest absolute Gasteiger partial charge is 0.222 e. The van der Waals surface area contributed by atoms with E-state index >= 15 is 0 Å². The van der Waals surface area contributed by atoms with Crippen molar-refractivity contribution in [3.63, 3.8) is 0 Å². The summed E-state index contributed by atoms with van der Waals surface area (Å²) in [5, 5.41) is 43.2. The van der Waals surface area contributed by atoms with Crippen LogP contribution >= 0.6 is 0 Å². The normalized spacial score (nSPS) is 18.0. The van der Waals surface area contributed by atoms with Gasteiger partial charge in [0.05, 0.1) is 10.9 Å². The van der Waals surface area contributed by atoms with E-state index < -0.39 is 4.90 Å². The van der Waals surface area contributed by atoms with E-state index in [1.165, 1.54) is 12.2 Å². The first kappa shape index (κ1) is 19.1. The number of piperidine rings is 1. The third-order valence-electron chi connectivity index (χ3n) is 5.60. The van der Waals surface area contributed by atoms with Gasteiger partial charge in [-0.3, -0.25) is 4.90 Å². The van der Waals surface area contributed by atoms with Crippen molar-refractivity contribution in [1.82, 2.24) is 4.90 Å². The van der Waals surface area contributed by atoms with Crippen molar-refractivity contribution < 1.29 is 19.5 Å². The Bertz CT molecular complexity index is 1030. The molecular weight excluding hydrogens is 372 g/mol. The second-order valence-corrected chi connectivity index (χ2v) is 7.71. The van der Waals surface area contributed by atoms with E-state index in [4.69, 9.17) is 4.42 Å². The van der Waals surface area contributed by atoms with E-state index in [1.807, 2.05) is 0 Å². The zero-order chi connectivity index (χ0) is 20.5. The highest BCUT2D eigenvalue weighted by atomic mass is 16.8. The summed E-state index contributed by atoms with van der Waals surface area (Å²) in [6, 6.07) is 3.22. The van der Waals surface area contributed by atoms with Crippen molar-refractivity contribution in [2.45, 2.75) is 26.3 Å². The summed E-state index contributed by atoms with van der Waals surface area (Å²) < 4.78 is 5.93. The number of furan rings is 1. The van der Waals surface area contributed by atoms with Crippen LogP contribution in [0.15, 0.2) is 46.4 Å². The van der Waals surface area contributed by atoms with Crippen molar-refractivity contribution in [3.05, 3.63) is 63.7 Å². The number of allylic oxidation sites excluding steroid dienone is 5. The predicted molar refractivity (Wildman–Crippen MR) is 111 cm³/mol. The number of fused-ring (bicyclic) bond motifs is 1. The zero-order valence-corrected chi connectivity index (χ0v) is 16.2. The predicted octanol–water partition coefficient (Wildman–Crippen LogP) is 4.03. The van der Waals surface area contributed by atoms with Gasteiger partial charge in [0.2, 0.25) is 5.71 Å². The number of phenolic OH excluding ortho intramolecular Hbond substituents is 1. The van der Waals surface area contributed by atoms with Crippen LogP contribution in [0.1, 0.15) is 31.1 Å². The van der Waals surface area contributed by atoms with Gasteiger partial charge in [0.15, 0.2) is 11.5 Å². The topological polar surface area (TPSA) is 106 Å². The summed E-state index contributed by atoms with van der Waals surface area (Å²) in [6.45, 7) is 4.73. The minimum absolute atomic E-state index is 0.000892. The van der Waals surface area contributed by atoms with E-state index in [0.717, 1.165) is 25.9 Å². The number of benzene rings is 1. The van der Waals surface area contributed by atoms with Gasteiger partial charge in [0, 0.05) is 18.7 Å². The molecule has 0 atom stereocenters. The summed E-state index contributed by atoms with van der Waals surface area (Å²) in [6.07, 6.45) is 9.87. The molecule has 1 fully saturated rings. The molecule has 0 bridgehead atoms. The summed E-state index contributed by atoms with van der Waals surface area (Å²) in [4.78, 5) is 1.83. The van der Waals surface area contributed by atoms with E-state index in [0.29, 0.717) is 34.6 Å². The van der Waals surface area contributed by atoms with Crippen molar-refractivity contribution in [2.75, 3.05) is 13.1 Å². The highest BCUT2D eigenvalue weighted by molar-refractivity contribution is 6.03. The molecule has 2 aliphatic rings. The molecule has 0 radical (unpaired) electrons. The summed E-state index contributed by atoms with van der Waals surface area (Å²) in [5.74, 6) is 1.11. The average molecular weight is 395 g/mol. The zero-order valence-electron chi connectivity index (χ0n) is 16.2. The monoisotopic (exact) mass is 395 g/mol. The van der Waals surface area contributed by atoms with Crippen LogP contribution in [0.3, 0.4) is 0 Å². The van der Waals surface area contributed by atoms with E-state index in [2.05, 4.69) is 11.8 Å². The number of nitrogens with zero attached hydrogens (tertiary/aromatic N) is 2. The standard InChI is InChI=1S/C22H23N2O5/c1-14-8-10-23(11-9-14)13-18-19(25)7-6-17-21(26)20(29-22(17)18)12-15-2-4-16(5-3-15)24(27)28/h2-7,12,14H,8-11,13H2,1H3,(H2-,25,26,27,28)/q-1. The van der Waals surface area contributed by atoms with Gasteiger partial charge < -0.3 is 25.0 Å². The molecule has 29 heavy (non-hydrogen) atoms. The van der Waals surface area contributed by atoms with Crippen LogP contribution in [0.5, 0.6) is 11.5 Å². The van der Waals surface area contributed by atoms with Gasteiger partial charge in [-0.1, -0.05) is 6.92 Å². The number of phenols is 1. The van der Waals surface area contributed by atoms with Crippen LogP contribution in [-0.2, 0) is 6.54 Å². The molecule has 0 spiro atoms. The van der Waals surface area contributed by atoms with Crippen LogP contribution in [0.4, 0.5) is 0 Å². The molecule has 7 heteroatoms. The van der Waals surface area contributed by atoms with Gasteiger partial charge >= 0.3 is 0 Å². The maximum absolute atomic E-state index is 10.8. The SMILES string of the molecule is CC1CCN(Cc2c(O)ccc3c(O)c(C=C4C=CC(=[N+]([O-])[O-])C=C4)oc23)CC1. The Morgan fingerprint density at radius 2 is 1.83 bits per heavy atom. The third-order valence-corrected chi connectivity index (χ3v) is 5.60. The minimum atomic E-state index is -0.459. The Labute approximate surface area is 168 Å². The lowest BCUT2D eigenvalue weighted by Gasteiger charge is -2.30. The Balaban J connectivity index is 1.67. The number of hydrogen-bond donors (Lipinski definition) is 2. The minimum Gasteiger partial charge on any atom is -0.612 e. The first-order valence-electron chi connectivity index (χ1n) is 9.70. The van der Waals surface area contributed by atoms with Crippen LogP contribution < -0.4 is 0 Å².